The lowest BCUT2D eigenvalue weighted by atomic mass is 9.80. The molecule has 0 amide bonds. The van der Waals surface area contributed by atoms with Crippen LogP contribution in [0.3, 0.4) is 0 Å². The van der Waals surface area contributed by atoms with Gasteiger partial charge in [-0.25, -0.2) is 0 Å². The molecular formula is C31H25NO. The van der Waals surface area contributed by atoms with Gasteiger partial charge in [0, 0.05) is 11.8 Å². The molecule has 0 fully saturated rings. The predicted octanol–water partition coefficient (Wildman–Crippen LogP) is 7.91. The summed E-state index contributed by atoms with van der Waals surface area (Å²) in [6, 6.07) is 32.1. The van der Waals surface area contributed by atoms with Crippen molar-refractivity contribution in [2.75, 3.05) is 7.11 Å². The highest BCUT2D eigenvalue weighted by atomic mass is 16.5. The Balaban J connectivity index is 1.67. The van der Waals surface area contributed by atoms with E-state index in [-0.39, 0.29) is 0 Å². The Bertz CT molecular complexity index is 1520. The highest BCUT2D eigenvalue weighted by Crippen LogP contribution is 2.44. The smallest absolute Gasteiger partial charge is 0.119 e. The van der Waals surface area contributed by atoms with Crippen molar-refractivity contribution in [3.63, 3.8) is 0 Å². The Morgan fingerprint density at radius 1 is 0.758 bits per heavy atom. The molecule has 1 aliphatic carbocycles. The van der Waals surface area contributed by atoms with Crippen LogP contribution in [0.4, 0.5) is 5.69 Å². The monoisotopic (exact) mass is 427 g/mol. The Morgan fingerprint density at radius 2 is 1.55 bits per heavy atom. The van der Waals surface area contributed by atoms with Crippen molar-refractivity contribution in [3.8, 4) is 16.9 Å². The molecular weight excluding hydrogens is 402 g/mol. The van der Waals surface area contributed by atoms with Crippen LogP contribution in [0.25, 0.3) is 32.7 Å². The third kappa shape index (κ3) is 3.39. The molecule has 0 radical (unpaired) electrons. The zero-order valence-corrected chi connectivity index (χ0v) is 18.7. The van der Waals surface area contributed by atoms with Gasteiger partial charge in [-0.2, -0.15) is 0 Å². The average Bonchev–Trinajstić information content (AvgIpc) is 2.89. The number of ether oxygens (including phenoxy) is 1. The van der Waals surface area contributed by atoms with Gasteiger partial charge in [0.2, 0.25) is 0 Å². The van der Waals surface area contributed by atoms with E-state index in [0.717, 1.165) is 29.8 Å². The average molecular weight is 428 g/mol. The van der Waals surface area contributed by atoms with Gasteiger partial charge >= 0.3 is 0 Å². The van der Waals surface area contributed by atoms with Gasteiger partial charge in [0.1, 0.15) is 5.75 Å². The summed E-state index contributed by atoms with van der Waals surface area (Å²) in [6.45, 7) is 0. The molecule has 2 nitrogen and oxygen atoms in total. The second kappa shape index (κ2) is 8.22. The summed E-state index contributed by atoms with van der Waals surface area (Å²) in [5, 5.41) is 5.43. The fourth-order valence-electron chi connectivity index (χ4n) is 5.29. The minimum absolute atomic E-state index is 0.840. The standard InChI is InChI=1S/C31H25NO/c1-33-24-17-18-25(22(19-24)20-32-23-11-3-2-4-12-23)31-28-14-6-5-13-26(28)27-15-7-9-21-10-8-16-29(31)30(21)27/h2-7,9,11-15,17-20H,8,10,16H2,1H3. The Morgan fingerprint density at radius 3 is 2.39 bits per heavy atom. The van der Waals surface area contributed by atoms with Crippen molar-refractivity contribution in [2.45, 2.75) is 19.3 Å². The molecule has 5 aromatic carbocycles. The second-order valence-electron chi connectivity index (χ2n) is 8.64. The highest BCUT2D eigenvalue weighted by Gasteiger charge is 2.22. The summed E-state index contributed by atoms with van der Waals surface area (Å²) in [5.41, 5.74) is 7.49. The molecule has 0 N–H and O–H groups in total. The van der Waals surface area contributed by atoms with Crippen LogP contribution in [-0.4, -0.2) is 13.3 Å². The van der Waals surface area contributed by atoms with Crippen LogP contribution in [0, 0.1) is 0 Å². The summed E-state index contributed by atoms with van der Waals surface area (Å²) in [7, 11) is 1.72. The van der Waals surface area contributed by atoms with Crippen LogP contribution >= 0.6 is 0 Å². The number of hydrogen-bond acceptors (Lipinski definition) is 2. The first kappa shape index (κ1) is 19.8. The lowest BCUT2D eigenvalue weighted by Gasteiger charge is -2.24. The molecule has 0 saturated heterocycles. The Hall–Kier alpha value is -3.91. The fourth-order valence-corrected chi connectivity index (χ4v) is 5.29. The predicted molar refractivity (Wildman–Crippen MR) is 139 cm³/mol. The number of para-hydroxylation sites is 1. The normalized spacial score (nSPS) is 13.1. The number of fused-ring (bicyclic) bond motifs is 2. The van der Waals surface area contributed by atoms with E-state index in [4.69, 9.17) is 9.73 Å². The minimum Gasteiger partial charge on any atom is -0.497 e. The molecule has 2 heteroatoms. The van der Waals surface area contributed by atoms with E-state index in [1.54, 1.807) is 7.11 Å². The van der Waals surface area contributed by atoms with Crippen molar-refractivity contribution in [3.05, 3.63) is 108 Å². The first-order valence-corrected chi connectivity index (χ1v) is 11.6. The highest BCUT2D eigenvalue weighted by molar-refractivity contribution is 6.18. The van der Waals surface area contributed by atoms with Crippen LogP contribution in [0.2, 0.25) is 0 Å². The number of aryl methyl sites for hydroxylation is 2. The maximum atomic E-state index is 5.58. The number of benzene rings is 5. The maximum Gasteiger partial charge on any atom is 0.119 e. The number of methoxy groups -OCH3 is 1. The van der Waals surface area contributed by atoms with Crippen LogP contribution in [0.5, 0.6) is 5.75 Å². The Labute approximate surface area is 194 Å². The van der Waals surface area contributed by atoms with Crippen LogP contribution < -0.4 is 4.74 Å². The van der Waals surface area contributed by atoms with Crippen molar-refractivity contribution in [2.24, 2.45) is 4.99 Å². The number of hydrogen-bond donors (Lipinski definition) is 0. The molecule has 6 rings (SSSR count). The minimum atomic E-state index is 0.840. The lowest BCUT2D eigenvalue weighted by Crippen LogP contribution is -2.05. The van der Waals surface area contributed by atoms with Crippen molar-refractivity contribution < 1.29 is 4.74 Å². The van der Waals surface area contributed by atoms with Gasteiger partial charge in [-0.15, -0.1) is 0 Å². The largest absolute Gasteiger partial charge is 0.497 e. The zero-order valence-electron chi connectivity index (χ0n) is 18.7. The second-order valence-corrected chi connectivity index (χ2v) is 8.64. The fraction of sp³-hybridized carbons (Fsp3) is 0.129. The van der Waals surface area contributed by atoms with E-state index in [9.17, 15) is 0 Å². The van der Waals surface area contributed by atoms with E-state index < -0.39 is 0 Å². The molecule has 0 spiro atoms. The molecule has 0 unspecified atom stereocenters. The zero-order chi connectivity index (χ0) is 22.2. The van der Waals surface area contributed by atoms with Gasteiger partial charge in [-0.05, 0) is 87.3 Å². The van der Waals surface area contributed by atoms with Crippen molar-refractivity contribution in [1.29, 1.82) is 0 Å². The molecule has 1 aliphatic rings. The van der Waals surface area contributed by atoms with Crippen molar-refractivity contribution >= 4 is 33.4 Å². The molecule has 5 aromatic rings. The first-order chi connectivity index (χ1) is 16.3. The van der Waals surface area contributed by atoms with E-state index >= 15 is 0 Å². The molecule has 0 saturated carbocycles. The van der Waals surface area contributed by atoms with E-state index in [1.165, 1.54) is 50.2 Å². The third-order valence-electron chi connectivity index (χ3n) is 6.75. The van der Waals surface area contributed by atoms with Crippen LogP contribution in [0.15, 0.2) is 96.0 Å². The van der Waals surface area contributed by atoms with E-state index in [0.29, 0.717) is 0 Å². The number of aliphatic imine (C=N–C) groups is 1. The molecule has 0 aliphatic heterocycles. The van der Waals surface area contributed by atoms with E-state index in [1.807, 2.05) is 36.5 Å². The molecule has 0 atom stereocenters. The molecule has 33 heavy (non-hydrogen) atoms. The van der Waals surface area contributed by atoms with Gasteiger partial charge in [0.25, 0.3) is 0 Å². The summed E-state index contributed by atoms with van der Waals surface area (Å²) in [5.74, 6) is 0.840. The lowest BCUT2D eigenvalue weighted by molar-refractivity contribution is 0.415. The quantitative estimate of drug-likeness (QED) is 0.211. The third-order valence-corrected chi connectivity index (χ3v) is 6.75. The Kier molecular flexibility index (Phi) is 4.92. The number of nitrogens with zero attached hydrogens (tertiary/aromatic N) is 1. The van der Waals surface area contributed by atoms with Crippen molar-refractivity contribution in [1.82, 2.24) is 0 Å². The summed E-state index contributed by atoms with van der Waals surface area (Å²) in [6.07, 6.45) is 5.40. The SMILES string of the molecule is COc1ccc(-c2c3c4c(cccc4c4ccccc24)CCC3)c(C=Nc2ccccc2)c1. The number of rotatable bonds is 4. The van der Waals surface area contributed by atoms with Gasteiger partial charge in [-0.1, -0.05) is 66.7 Å². The molecule has 0 bridgehead atoms. The molecule has 160 valence electrons. The first-order valence-electron chi connectivity index (χ1n) is 11.6. The van der Waals surface area contributed by atoms with Gasteiger partial charge < -0.3 is 4.74 Å². The van der Waals surface area contributed by atoms with Gasteiger partial charge in [0.05, 0.1) is 12.8 Å². The topological polar surface area (TPSA) is 21.6 Å². The summed E-state index contributed by atoms with van der Waals surface area (Å²) < 4.78 is 5.58. The van der Waals surface area contributed by atoms with Gasteiger partial charge in [0.15, 0.2) is 0 Å². The van der Waals surface area contributed by atoms with Crippen LogP contribution in [-0.2, 0) is 12.8 Å². The summed E-state index contributed by atoms with van der Waals surface area (Å²) >= 11 is 0. The maximum absolute atomic E-state index is 5.58. The van der Waals surface area contributed by atoms with E-state index in [2.05, 4.69) is 60.7 Å². The van der Waals surface area contributed by atoms with Crippen LogP contribution in [0.1, 0.15) is 23.1 Å². The summed E-state index contributed by atoms with van der Waals surface area (Å²) in [4.78, 5) is 4.79. The van der Waals surface area contributed by atoms with Gasteiger partial charge in [-0.3, -0.25) is 4.99 Å². The molecule has 0 heterocycles. The molecule has 0 aromatic heterocycles.